The van der Waals surface area contributed by atoms with Crippen molar-refractivity contribution in [3.8, 4) is 0 Å². The number of esters is 1. The van der Waals surface area contributed by atoms with E-state index in [4.69, 9.17) is 10.5 Å². The Labute approximate surface area is 119 Å². The van der Waals surface area contributed by atoms with Crippen LogP contribution in [0.5, 0.6) is 0 Å². The first-order valence-electron chi connectivity index (χ1n) is 6.12. The van der Waals surface area contributed by atoms with Crippen molar-refractivity contribution in [1.29, 1.82) is 0 Å². The van der Waals surface area contributed by atoms with Crippen LogP contribution in [0, 0.1) is 0 Å². The van der Waals surface area contributed by atoms with Gasteiger partial charge < -0.3 is 10.5 Å². The van der Waals surface area contributed by atoms with E-state index in [1.54, 1.807) is 17.4 Å². The molecule has 0 aliphatic carbocycles. The summed E-state index contributed by atoms with van der Waals surface area (Å²) in [6, 6.07) is 7.28. The van der Waals surface area contributed by atoms with Crippen LogP contribution in [0.1, 0.15) is 11.3 Å². The van der Waals surface area contributed by atoms with Crippen LogP contribution in [0.25, 0.3) is 4.96 Å². The number of nitrogen functional groups attached to an aromatic ring is 1. The number of nitrogens with zero attached hydrogens (tertiary/aromatic N) is 2. The highest BCUT2D eigenvalue weighted by Crippen LogP contribution is 2.14. The number of nitrogens with two attached hydrogens (primary N) is 1. The van der Waals surface area contributed by atoms with Gasteiger partial charge in [-0.2, -0.15) is 0 Å². The standard InChI is InChI=1S/C14H13N3O2S/c15-12-4-2-1-3-10(12)7-13(18)19-9-11-8-17-5-6-20-14(17)16-11/h1-6,8H,7,9,15H2. The molecule has 0 radical (unpaired) electrons. The summed E-state index contributed by atoms with van der Waals surface area (Å²) in [5.74, 6) is -0.306. The minimum absolute atomic E-state index is 0.175. The zero-order chi connectivity index (χ0) is 13.9. The highest BCUT2D eigenvalue weighted by atomic mass is 32.1. The predicted octanol–water partition coefficient (Wildman–Crippen LogP) is 2.26. The van der Waals surface area contributed by atoms with E-state index in [2.05, 4.69) is 4.98 Å². The van der Waals surface area contributed by atoms with Gasteiger partial charge in [-0.3, -0.25) is 9.20 Å². The fourth-order valence-corrected chi connectivity index (χ4v) is 2.62. The third-order valence-corrected chi connectivity index (χ3v) is 3.68. The first kappa shape index (κ1) is 12.7. The Morgan fingerprint density at radius 2 is 2.25 bits per heavy atom. The third kappa shape index (κ3) is 2.65. The minimum Gasteiger partial charge on any atom is -0.459 e. The van der Waals surface area contributed by atoms with Crippen molar-refractivity contribution in [1.82, 2.24) is 9.38 Å². The molecule has 0 atom stereocenters. The van der Waals surface area contributed by atoms with Gasteiger partial charge in [0.1, 0.15) is 6.61 Å². The summed E-state index contributed by atoms with van der Waals surface area (Å²) in [7, 11) is 0. The van der Waals surface area contributed by atoms with Crippen molar-refractivity contribution in [3.63, 3.8) is 0 Å². The van der Waals surface area contributed by atoms with E-state index in [1.807, 2.05) is 40.4 Å². The molecule has 3 aromatic rings. The molecule has 2 N–H and O–H groups in total. The molecule has 0 saturated carbocycles. The normalized spacial score (nSPS) is 10.8. The lowest BCUT2D eigenvalue weighted by molar-refractivity contribution is -0.144. The van der Waals surface area contributed by atoms with Crippen molar-refractivity contribution in [3.05, 3.63) is 53.3 Å². The number of para-hydroxylation sites is 1. The molecule has 0 amide bonds. The molecule has 5 nitrogen and oxygen atoms in total. The molecule has 6 heteroatoms. The molecule has 0 aliphatic rings. The van der Waals surface area contributed by atoms with E-state index in [0.717, 1.165) is 16.2 Å². The second kappa shape index (κ2) is 5.34. The first-order chi connectivity index (χ1) is 9.72. The number of carbonyl (C=O) groups is 1. The van der Waals surface area contributed by atoms with Crippen molar-refractivity contribution >= 4 is 28.0 Å². The summed E-state index contributed by atoms with van der Waals surface area (Å²) in [5.41, 5.74) is 7.92. The van der Waals surface area contributed by atoms with Gasteiger partial charge in [0.05, 0.1) is 12.1 Å². The molecule has 0 bridgehead atoms. The maximum Gasteiger partial charge on any atom is 0.310 e. The molecule has 0 aliphatic heterocycles. The highest BCUT2D eigenvalue weighted by Gasteiger charge is 2.09. The van der Waals surface area contributed by atoms with Crippen LogP contribution >= 0.6 is 11.3 Å². The Balaban J connectivity index is 1.59. The number of benzene rings is 1. The Bertz CT molecular complexity index is 719. The van der Waals surface area contributed by atoms with Crippen molar-refractivity contribution < 1.29 is 9.53 Å². The number of hydrogen-bond acceptors (Lipinski definition) is 5. The molecule has 3 rings (SSSR count). The molecule has 0 unspecified atom stereocenters. The average molecular weight is 287 g/mol. The van der Waals surface area contributed by atoms with Gasteiger partial charge >= 0.3 is 5.97 Å². The molecule has 102 valence electrons. The largest absolute Gasteiger partial charge is 0.459 e. The van der Waals surface area contributed by atoms with Crippen LogP contribution in [0.15, 0.2) is 42.0 Å². The summed E-state index contributed by atoms with van der Waals surface area (Å²) in [5, 5.41) is 1.95. The summed E-state index contributed by atoms with van der Waals surface area (Å²) >= 11 is 1.54. The van der Waals surface area contributed by atoms with Crippen molar-refractivity contribution in [2.45, 2.75) is 13.0 Å². The quantitative estimate of drug-likeness (QED) is 0.590. The zero-order valence-electron chi connectivity index (χ0n) is 10.7. The van der Waals surface area contributed by atoms with Gasteiger partial charge in [0.2, 0.25) is 0 Å². The number of aromatic nitrogens is 2. The fraction of sp³-hybridized carbons (Fsp3) is 0.143. The van der Waals surface area contributed by atoms with Gasteiger partial charge in [-0.25, -0.2) is 4.98 Å². The van der Waals surface area contributed by atoms with Gasteiger partial charge in [0, 0.05) is 23.5 Å². The molecule has 0 saturated heterocycles. The minimum atomic E-state index is -0.306. The summed E-state index contributed by atoms with van der Waals surface area (Å²) in [4.78, 5) is 17.0. The molecule has 0 spiro atoms. The number of anilines is 1. The van der Waals surface area contributed by atoms with Crippen LogP contribution in [-0.2, 0) is 22.6 Å². The number of imidazole rings is 1. The molecule has 0 fully saturated rings. The summed E-state index contributed by atoms with van der Waals surface area (Å²) in [6.07, 6.45) is 3.95. The molecule has 2 heterocycles. The smallest absolute Gasteiger partial charge is 0.310 e. The topological polar surface area (TPSA) is 69.6 Å². The summed E-state index contributed by atoms with van der Waals surface area (Å²) < 4.78 is 7.13. The lowest BCUT2D eigenvalue weighted by Gasteiger charge is -2.05. The number of fused-ring (bicyclic) bond motifs is 1. The molecule has 1 aromatic carbocycles. The number of hydrogen-bond donors (Lipinski definition) is 1. The Morgan fingerprint density at radius 1 is 1.40 bits per heavy atom. The van der Waals surface area contributed by atoms with Crippen LogP contribution in [0.3, 0.4) is 0 Å². The molecular weight excluding hydrogens is 274 g/mol. The Morgan fingerprint density at radius 3 is 3.05 bits per heavy atom. The van der Waals surface area contributed by atoms with E-state index in [0.29, 0.717) is 5.69 Å². The number of ether oxygens (including phenoxy) is 1. The average Bonchev–Trinajstić information content (AvgIpc) is 3.00. The van der Waals surface area contributed by atoms with Gasteiger partial charge in [-0.05, 0) is 11.6 Å². The predicted molar refractivity (Wildman–Crippen MR) is 77.4 cm³/mol. The van der Waals surface area contributed by atoms with E-state index in [-0.39, 0.29) is 19.0 Å². The van der Waals surface area contributed by atoms with Gasteiger partial charge in [0.25, 0.3) is 0 Å². The summed E-state index contributed by atoms with van der Waals surface area (Å²) in [6.45, 7) is 0.181. The molecule has 2 aromatic heterocycles. The monoisotopic (exact) mass is 287 g/mol. The fourth-order valence-electron chi connectivity index (χ4n) is 1.90. The first-order valence-corrected chi connectivity index (χ1v) is 7.00. The van der Waals surface area contributed by atoms with Crippen molar-refractivity contribution in [2.24, 2.45) is 0 Å². The zero-order valence-corrected chi connectivity index (χ0v) is 11.5. The lowest BCUT2D eigenvalue weighted by atomic mass is 10.1. The van der Waals surface area contributed by atoms with Gasteiger partial charge in [-0.15, -0.1) is 11.3 Å². The maximum absolute atomic E-state index is 11.8. The second-order valence-electron chi connectivity index (χ2n) is 4.36. The van der Waals surface area contributed by atoms with E-state index >= 15 is 0 Å². The van der Waals surface area contributed by atoms with Gasteiger partial charge in [-0.1, -0.05) is 18.2 Å². The van der Waals surface area contributed by atoms with Crippen LogP contribution in [0.2, 0.25) is 0 Å². The third-order valence-electron chi connectivity index (χ3n) is 2.91. The van der Waals surface area contributed by atoms with Crippen LogP contribution in [-0.4, -0.2) is 15.4 Å². The van der Waals surface area contributed by atoms with E-state index in [1.165, 1.54) is 0 Å². The maximum atomic E-state index is 11.8. The van der Waals surface area contributed by atoms with E-state index < -0.39 is 0 Å². The Kier molecular flexibility index (Phi) is 3.39. The lowest BCUT2D eigenvalue weighted by Crippen LogP contribution is -2.09. The van der Waals surface area contributed by atoms with Gasteiger partial charge in [0.15, 0.2) is 4.96 Å². The highest BCUT2D eigenvalue weighted by molar-refractivity contribution is 7.15. The number of carbonyl (C=O) groups excluding carboxylic acids is 1. The van der Waals surface area contributed by atoms with Crippen LogP contribution in [0.4, 0.5) is 5.69 Å². The SMILES string of the molecule is Nc1ccccc1CC(=O)OCc1cn2ccsc2n1. The molecular formula is C14H13N3O2S. The number of rotatable bonds is 4. The van der Waals surface area contributed by atoms with Crippen molar-refractivity contribution in [2.75, 3.05) is 5.73 Å². The Hall–Kier alpha value is -2.34. The second-order valence-corrected chi connectivity index (χ2v) is 5.23. The van der Waals surface area contributed by atoms with E-state index in [9.17, 15) is 4.79 Å². The number of thiazole rings is 1. The molecule has 20 heavy (non-hydrogen) atoms. The van der Waals surface area contributed by atoms with Crippen LogP contribution < -0.4 is 5.73 Å².